The van der Waals surface area contributed by atoms with Crippen molar-refractivity contribution in [3.05, 3.63) is 59.9 Å². The third-order valence-corrected chi connectivity index (χ3v) is 7.47. The van der Waals surface area contributed by atoms with E-state index in [9.17, 15) is 13.2 Å². The summed E-state index contributed by atoms with van der Waals surface area (Å²) in [6, 6.07) is 12.9. The van der Waals surface area contributed by atoms with Crippen molar-refractivity contribution in [2.45, 2.75) is 43.0 Å². The molecule has 1 N–H and O–H groups in total. The van der Waals surface area contributed by atoms with Crippen molar-refractivity contribution in [2.24, 2.45) is 5.92 Å². The topological polar surface area (TPSA) is 79.4 Å². The zero-order chi connectivity index (χ0) is 19.6. The molecule has 2 heterocycles. The summed E-state index contributed by atoms with van der Waals surface area (Å²) in [6.07, 6.45) is 5.16. The Labute approximate surface area is 166 Å². The van der Waals surface area contributed by atoms with Crippen LogP contribution < -0.4 is 5.32 Å². The number of aromatic nitrogens is 1. The maximum Gasteiger partial charge on any atom is 0.243 e. The first-order valence-corrected chi connectivity index (χ1v) is 11.3. The van der Waals surface area contributed by atoms with E-state index in [0.717, 1.165) is 5.69 Å². The van der Waals surface area contributed by atoms with E-state index < -0.39 is 10.0 Å². The number of hydrogen-bond donors (Lipinski definition) is 1. The Balaban J connectivity index is 1.31. The predicted molar refractivity (Wildman–Crippen MR) is 106 cm³/mol. The van der Waals surface area contributed by atoms with Crippen LogP contribution in [0.3, 0.4) is 0 Å². The van der Waals surface area contributed by atoms with Gasteiger partial charge in [0, 0.05) is 25.2 Å². The van der Waals surface area contributed by atoms with Crippen LogP contribution in [0.2, 0.25) is 0 Å². The SMILES string of the molecule is O=C(NCc1ccccn1)C1CCN(S(=O)(=O)c2ccc(C3CC3)cc2)CC1. The van der Waals surface area contributed by atoms with Crippen molar-refractivity contribution < 1.29 is 13.2 Å². The first-order chi connectivity index (χ1) is 13.5. The minimum Gasteiger partial charge on any atom is -0.350 e. The molecule has 1 aromatic heterocycles. The molecule has 148 valence electrons. The second-order valence-electron chi connectivity index (χ2n) is 7.56. The number of hydrogen-bond acceptors (Lipinski definition) is 4. The molecule has 2 aliphatic rings. The van der Waals surface area contributed by atoms with E-state index in [1.165, 1.54) is 22.7 Å². The predicted octanol–water partition coefficient (Wildman–Crippen LogP) is 2.68. The molecule has 6 nitrogen and oxygen atoms in total. The molecular weight excluding hydrogens is 374 g/mol. The molecule has 1 aliphatic heterocycles. The van der Waals surface area contributed by atoms with Crippen molar-refractivity contribution in [1.82, 2.24) is 14.6 Å². The number of pyridine rings is 1. The largest absolute Gasteiger partial charge is 0.350 e. The van der Waals surface area contributed by atoms with Gasteiger partial charge in [0.15, 0.2) is 0 Å². The number of rotatable bonds is 6. The van der Waals surface area contributed by atoms with Crippen LogP contribution in [-0.4, -0.2) is 36.7 Å². The Morgan fingerprint density at radius 2 is 1.75 bits per heavy atom. The lowest BCUT2D eigenvalue weighted by Crippen LogP contribution is -2.42. The second-order valence-corrected chi connectivity index (χ2v) is 9.50. The van der Waals surface area contributed by atoms with Crippen molar-refractivity contribution >= 4 is 15.9 Å². The Bertz CT molecular complexity index is 917. The fourth-order valence-corrected chi connectivity index (χ4v) is 5.13. The van der Waals surface area contributed by atoms with Crippen molar-refractivity contribution in [1.29, 1.82) is 0 Å². The van der Waals surface area contributed by atoms with Crippen LogP contribution >= 0.6 is 0 Å². The van der Waals surface area contributed by atoms with Gasteiger partial charge in [0.2, 0.25) is 15.9 Å². The van der Waals surface area contributed by atoms with Gasteiger partial charge in [-0.3, -0.25) is 9.78 Å². The highest BCUT2D eigenvalue weighted by Crippen LogP contribution is 2.40. The first kappa shape index (κ1) is 19.1. The summed E-state index contributed by atoms with van der Waals surface area (Å²) in [5, 5.41) is 2.91. The maximum absolute atomic E-state index is 12.9. The molecule has 7 heteroatoms. The number of nitrogens with one attached hydrogen (secondary N) is 1. The van der Waals surface area contributed by atoms with Gasteiger partial charge in [-0.15, -0.1) is 0 Å². The minimum atomic E-state index is -3.50. The average Bonchev–Trinajstić information content (AvgIpc) is 3.58. The van der Waals surface area contributed by atoms with Gasteiger partial charge in [-0.2, -0.15) is 4.31 Å². The van der Waals surface area contributed by atoms with Gasteiger partial charge in [-0.05, 0) is 61.4 Å². The molecule has 1 saturated heterocycles. The van der Waals surface area contributed by atoms with Crippen molar-refractivity contribution in [2.75, 3.05) is 13.1 Å². The highest BCUT2D eigenvalue weighted by Gasteiger charge is 2.32. The highest BCUT2D eigenvalue weighted by molar-refractivity contribution is 7.89. The quantitative estimate of drug-likeness (QED) is 0.810. The van der Waals surface area contributed by atoms with Crippen LogP contribution in [0.15, 0.2) is 53.6 Å². The Hall–Kier alpha value is -2.25. The molecule has 28 heavy (non-hydrogen) atoms. The van der Waals surface area contributed by atoms with Crippen LogP contribution in [0.4, 0.5) is 0 Å². The molecule has 0 unspecified atom stereocenters. The fourth-order valence-electron chi connectivity index (χ4n) is 3.66. The lowest BCUT2D eigenvalue weighted by atomic mass is 9.97. The normalized spacial score (nSPS) is 18.7. The van der Waals surface area contributed by atoms with E-state index >= 15 is 0 Å². The molecule has 0 atom stereocenters. The van der Waals surface area contributed by atoms with Crippen LogP contribution in [0, 0.1) is 5.92 Å². The molecule has 2 aromatic rings. The highest BCUT2D eigenvalue weighted by atomic mass is 32.2. The Morgan fingerprint density at radius 1 is 1.04 bits per heavy atom. The van der Waals surface area contributed by atoms with E-state index in [4.69, 9.17) is 0 Å². The summed E-state index contributed by atoms with van der Waals surface area (Å²) >= 11 is 0. The number of carbonyl (C=O) groups is 1. The molecule has 4 rings (SSSR count). The molecular formula is C21H25N3O3S. The van der Waals surface area contributed by atoms with Crippen LogP contribution in [0.25, 0.3) is 0 Å². The Morgan fingerprint density at radius 3 is 2.36 bits per heavy atom. The van der Waals surface area contributed by atoms with Gasteiger partial charge in [0.05, 0.1) is 17.1 Å². The fraction of sp³-hybridized carbons (Fsp3) is 0.429. The number of sulfonamides is 1. The number of amides is 1. The van der Waals surface area contributed by atoms with Crippen LogP contribution in [0.5, 0.6) is 0 Å². The first-order valence-electron chi connectivity index (χ1n) is 9.82. The third-order valence-electron chi connectivity index (χ3n) is 5.56. The zero-order valence-corrected chi connectivity index (χ0v) is 16.6. The zero-order valence-electron chi connectivity index (χ0n) is 15.8. The van der Waals surface area contributed by atoms with Crippen molar-refractivity contribution in [3.8, 4) is 0 Å². The van der Waals surface area contributed by atoms with E-state index in [2.05, 4.69) is 10.3 Å². The van der Waals surface area contributed by atoms with E-state index in [-0.39, 0.29) is 11.8 Å². The summed E-state index contributed by atoms with van der Waals surface area (Å²) in [5.74, 6) is 0.418. The molecule has 0 radical (unpaired) electrons. The lowest BCUT2D eigenvalue weighted by molar-refractivity contribution is -0.126. The lowest BCUT2D eigenvalue weighted by Gasteiger charge is -2.30. The molecule has 0 spiro atoms. The van der Waals surface area contributed by atoms with Gasteiger partial charge >= 0.3 is 0 Å². The van der Waals surface area contributed by atoms with Gasteiger partial charge in [-0.1, -0.05) is 18.2 Å². The second kappa shape index (κ2) is 8.01. The number of benzene rings is 1. The van der Waals surface area contributed by atoms with Crippen molar-refractivity contribution in [3.63, 3.8) is 0 Å². The molecule has 2 fully saturated rings. The summed E-state index contributed by atoms with van der Waals surface area (Å²) in [7, 11) is -3.50. The summed E-state index contributed by atoms with van der Waals surface area (Å²) in [4.78, 5) is 16.9. The molecule has 0 bridgehead atoms. The molecule has 1 saturated carbocycles. The van der Waals surface area contributed by atoms with Crippen LogP contribution in [0.1, 0.15) is 42.9 Å². The average molecular weight is 400 g/mol. The standard InChI is InChI=1S/C21H25N3O3S/c25-21(23-15-19-3-1-2-12-22-19)18-10-13-24(14-11-18)28(26,27)20-8-6-17(7-9-20)16-4-5-16/h1-3,6-9,12,16,18H,4-5,10-11,13-15H2,(H,23,25). The van der Waals surface area contributed by atoms with Gasteiger partial charge in [0.1, 0.15) is 0 Å². The summed E-state index contributed by atoms with van der Waals surface area (Å²) in [6.45, 7) is 1.13. The number of nitrogens with zero attached hydrogens (tertiary/aromatic N) is 2. The summed E-state index contributed by atoms with van der Waals surface area (Å²) in [5.41, 5.74) is 2.03. The smallest absolute Gasteiger partial charge is 0.243 e. The number of piperidine rings is 1. The maximum atomic E-state index is 12.9. The van der Waals surface area contributed by atoms with E-state index in [1.54, 1.807) is 18.3 Å². The summed E-state index contributed by atoms with van der Waals surface area (Å²) < 4.78 is 27.3. The van der Waals surface area contributed by atoms with E-state index in [1.807, 2.05) is 30.3 Å². The number of carbonyl (C=O) groups excluding carboxylic acids is 1. The van der Waals surface area contributed by atoms with Gasteiger partial charge in [0.25, 0.3) is 0 Å². The third kappa shape index (κ3) is 4.25. The van der Waals surface area contributed by atoms with Gasteiger partial charge in [-0.25, -0.2) is 8.42 Å². The molecule has 1 aliphatic carbocycles. The van der Waals surface area contributed by atoms with Gasteiger partial charge < -0.3 is 5.32 Å². The molecule has 1 aromatic carbocycles. The van der Waals surface area contributed by atoms with E-state index in [0.29, 0.717) is 43.3 Å². The van der Waals surface area contributed by atoms with Crippen LogP contribution in [-0.2, 0) is 21.4 Å². The molecule has 1 amide bonds. The minimum absolute atomic E-state index is 0.0310. The Kier molecular flexibility index (Phi) is 5.46. The monoisotopic (exact) mass is 399 g/mol.